The molecule has 1 saturated heterocycles. The molecule has 2 unspecified atom stereocenters. The van der Waals surface area contributed by atoms with E-state index in [4.69, 9.17) is 20.2 Å². The highest BCUT2D eigenvalue weighted by Crippen LogP contribution is 2.56. The Balaban J connectivity index is 1.40. The molecule has 4 atom stereocenters. The molecule has 156 valence electrons. The van der Waals surface area contributed by atoms with E-state index in [-0.39, 0.29) is 11.8 Å². The van der Waals surface area contributed by atoms with Gasteiger partial charge in [-0.05, 0) is 60.3 Å². The van der Waals surface area contributed by atoms with Crippen LogP contribution in [0.15, 0.2) is 41.9 Å². The van der Waals surface area contributed by atoms with Crippen molar-refractivity contribution in [3.05, 3.63) is 48.0 Å². The highest BCUT2D eigenvalue weighted by atomic mass is 32.2. The van der Waals surface area contributed by atoms with Gasteiger partial charge in [0.05, 0.1) is 13.2 Å². The molecule has 0 radical (unpaired) electrons. The van der Waals surface area contributed by atoms with Crippen molar-refractivity contribution in [1.82, 2.24) is 9.97 Å². The third-order valence-electron chi connectivity index (χ3n) is 7.37. The first-order valence-electron chi connectivity index (χ1n) is 10.8. The van der Waals surface area contributed by atoms with E-state index in [1.54, 1.807) is 18.1 Å². The van der Waals surface area contributed by atoms with Crippen LogP contribution < -0.4 is 5.73 Å². The summed E-state index contributed by atoms with van der Waals surface area (Å²) < 4.78 is 11.7. The monoisotopic (exact) mass is 422 g/mol. The maximum atomic E-state index is 6.25. The Hall–Kier alpha value is -1.96. The molecule has 30 heavy (non-hydrogen) atoms. The van der Waals surface area contributed by atoms with E-state index in [9.17, 15) is 0 Å². The van der Waals surface area contributed by atoms with Crippen molar-refractivity contribution in [3.63, 3.8) is 0 Å². The van der Waals surface area contributed by atoms with Gasteiger partial charge in [0.15, 0.2) is 11.5 Å². The van der Waals surface area contributed by atoms with Crippen LogP contribution in [0.25, 0.3) is 11.1 Å². The van der Waals surface area contributed by atoms with Gasteiger partial charge in [-0.2, -0.15) is 0 Å². The predicted octanol–water partition coefficient (Wildman–Crippen LogP) is 3.36. The highest BCUT2D eigenvalue weighted by molar-refractivity contribution is 8.14. The largest absolute Gasteiger partial charge is 0.379 e. The van der Waals surface area contributed by atoms with Crippen LogP contribution in [0.1, 0.15) is 30.4 Å². The molecule has 1 saturated carbocycles. The third-order valence-corrected chi connectivity index (χ3v) is 8.34. The van der Waals surface area contributed by atoms with Crippen LogP contribution in [0, 0.1) is 17.8 Å². The summed E-state index contributed by atoms with van der Waals surface area (Å²) in [5.41, 5.74) is 11.0. The zero-order valence-corrected chi connectivity index (χ0v) is 17.7. The first-order chi connectivity index (χ1) is 14.7. The predicted molar refractivity (Wildman–Crippen MR) is 117 cm³/mol. The fourth-order valence-electron chi connectivity index (χ4n) is 6.09. The van der Waals surface area contributed by atoms with Crippen molar-refractivity contribution in [2.45, 2.75) is 37.5 Å². The van der Waals surface area contributed by atoms with Gasteiger partial charge in [0.25, 0.3) is 0 Å². The van der Waals surface area contributed by atoms with Crippen LogP contribution in [-0.2, 0) is 21.4 Å². The molecule has 6 nitrogen and oxygen atoms in total. The van der Waals surface area contributed by atoms with Crippen LogP contribution in [0.3, 0.4) is 0 Å². The summed E-state index contributed by atoms with van der Waals surface area (Å²) in [5.74, 6) is 2.52. The Morgan fingerprint density at radius 3 is 2.63 bits per heavy atom. The van der Waals surface area contributed by atoms with Gasteiger partial charge < -0.3 is 15.2 Å². The molecule has 2 aliphatic heterocycles. The van der Waals surface area contributed by atoms with Crippen LogP contribution in [0.5, 0.6) is 0 Å². The molecule has 0 bridgehead atoms. The molecule has 1 spiro atoms. The van der Waals surface area contributed by atoms with Crippen LogP contribution >= 0.6 is 11.8 Å². The quantitative estimate of drug-likeness (QED) is 0.799. The summed E-state index contributed by atoms with van der Waals surface area (Å²) in [6.45, 7) is 1.46. The van der Waals surface area contributed by atoms with E-state index in [0.717, 1.165) is 60.9 Å². The molecule has 0 amide bonds. The second-order valence-corrected chi connectivity index (χ2v) is 9.91. The summed E-state index contributed by atoms with van der Waals surface area (Å²) in [7, 11) is 0. The van der Waals surface area contributed by atoms with Gasteiger partial charge in [-0.1, -0.05) is 23.9 Å². The Labute approximate surface area is 180 Å². The molecule has 6 rings (SSSR count). The molecular formula is C23H26N4O2S. The number of nitrogens with two attached hydrogens (primary N) is 1. The number of aliphatic imine (C=N–C) groups is 1. The molecule has 1 aromatic carbocycles. The molecule has 2 N–H and O–H groups in total. The molecule has 2 aliphatic carbocycles. The van der Waals surface area contributed by atoms with Gasteiger partial charge in [-0.25, -0.2) is 9.97 Å². The van der Waals surface area contributed by atoms with Crippen LogP contribution in [0.2, 0.25) is 0 Å². The van der Waals surface area contributed by atoms with Gasteiger partial charge in [0.1, 0.15) is 11.9 Å². The normalized spacial score (nSPS) is 33.3. The number of hydrogen-bond acceptors (Lipinski definition) is 7. The number of benzene rings is 1. The first-order valence-corrected chi connectivity index (χ1v) is 11.8. The Kier molecular flexibility index (Phi) is 4.58. The van der Waals surface area contributed by atoms with Crippen molar-refractivity contribution in [2.24, 2.45) is 28.5 Å². The molecule has 7 heteroatoms. The van der Waals surface area contributed by atoms with Gasteiger partial charge in [0.2, 0.25) is 0 Å². The highest BCUT2D eigenvalue weighted by Gasteiger charge is 2.53. The molecule has 2 aromatic rings. The average molecular weight is 423 g/mol. The number of aromatic nitrogens is 2. The Morgan fingerprint density at radius 2 is 1.87 bits per heavy atom. The van der Waals surface area contributed by atoms with Gasteiger partial charge in [-0.3, -0.25) is 4.99 Å². The summed E-state index contributed by atoms with van der Waals surface area (Å²) >= 11 is 1.70. The molecular weight excluding hydrogens is 396 g/mol. The van der Waals surface area contributed by atoms with E-state index in [1.165, 1.54) is 11.1 Å². The minimum Gasteiger partial charge on any atom is -0.379 e. The molecule has 4 aliphatic rings. The van der Waals surface area contributed by atoms with E-state index in [1.807, 2.05) is 12.4 Å². The summed E-state index contributed by atoms with van der Waals surface area (Å²) in [5, 5.41) is 0.722. The summed E-state index contributed by atoms with van der Waals surface area (Å²) in [6.07, 6.45) is 9.82. The average Bonchev–Trinajstić information content (AvgIpc) is 3.45. The third kappa shape index (κ3) is 2.98. The van der Waals surface area contributed by atoms with Crippen molar-refractivity contribution in [1.29, 1.82) is 0 Å². The van der Waals surface area contributed by atoms with E-state index >= 15 is 0 Å². The van der Waals surface area contributed by atoms with E-state index in [2.05, 4.69) is 28.2 Å². The van der Waals surface area contributed by atoms with Crippen molar-refractivity contribution < 1.29 is 9.47 Å². The Morgan fingerprint density at radius 1 is 1.03 bits per heavy atom. The van der Waals surface area contributed by atoms with Crippen LogP contribution in [-0.4, -0.2) is 40.4 Å². The maximum absolute atomic E-state index is 6.25. The lowest BCUT2D eigenvalue weighted by Crippen LogP contribution is -2.47. The van der Waals surface area contributed by atoms with Crippen molar-refractivity contribution >= 4 is 16.9 Å². The minimum absolute atomic E-state index is 0.0183. The standard InChI is InChI=1S/C23H26N4O2S/c24-22-27-23(12-30-22)19-4-3-16(21-28-5-6-29-21)8-17(19)7-15-2-1-14(9-20(15)23)18-10-25-13-26-11-18/h1-2,9-11,13,16-17,19,21H,3-8,12H2,(H2,24,27)/t16?,17-,19+,23?/m0/s1. The number of amidine groups is 1. The zero-order chi connectivity index (χ0) is 20.1. The summed E-state index contributed by atoms with van der Waals surface area (Å²) in [6, 6.07) is 6.81. The number of hydrogen-bond donors (Lipinski definition) is 1. The lowest BCUT2D eigenvalue weighted by Gasteiger charge is -2.49. The summed E-state index contributed by atoms with van der Waals surface area (Å²) in [4.78, 5) is 13.5. The zero-order valence-electron chi connectivity index (χ0n) is 16.9. The minimum atomic E-state index is -0.221. The molecule has 1 aromatic heterocycles. The smallest absolute Gasteiger partial charge is 0.160 e. The molecule has 3 heterocycles. The number of fused-ring (bicyclic) bond motifs is 4. The number of ether oxygens (including phenoxy) is 2. The lowest BCUT2D eigenvalue weighted by atomic mass is 9.58. The lowest BCUT2D eigenvalue weighted by molar-refractivity contribution is -0.106. The second-order valence-electron chi connectivity index (χ2n) is 8.92. The number of rotatable bonds is 2. The fourth-order valence-corrected chi connectivity index (χ4v) is 7.12. The molecule has 2 fully saturated rings. The van der Waals surface area contributed by atoms with E-state index in [0.29, 0.717) is 17.8 Å². The fraction of sp³-hybridized carbons (Fsp3) is 0.522. The maximum Gasteiger partial charge on any atom is 0.160 e. The number of thioether (sulfide) groups is 1. The van der Waals surface area contributed by atoms with Crippen molar-refractivity contribution in [2.75, 3.05) is 19.0 Å². The Bertz CT molecular complexity index is 978. The van der Waals surface area contributed by atoms with Gasteiger partial charge >= 0.3 is 0 Å². The van der Waals surface area contributed by atoms with Gasteiger partial charge in [0, 0.05) is 29.6 Å². The van der Waals surface area contributed by atoms with Crippen molar-refractivity contribution in [3.8, 4) is 11.1 Å². The topological polar surface area (TPSA) is 82.6 Å². The first kappa shape index (κ1) is 18.8. The SMILES string of the molecule is NC1=NC2(CS1)c1cc(-c3cncnc3)ccc1C[C@H]1CC(C3OCCO3)CC[C@H]12. The van der Waals surface area contributed by atoms with Gasteiger partial charge in [-0.15, -0.1) is 0 Å². The van der Waals surface area contributed by atoms with Crippen LogP contribution in [0.4, 0.5) is 0 Å². The second kappa shape index (κ2) is 7.32. The number of nitrogens with zero attached hydrogens (tertiary/aromatic N) is 3. The van der Waals surface area contributed by atoms with E-state index < -0.39 is 0 Å².